The average Bonchev–Trinajstić information content (AvgIpc) is 3.23. The minimum atomic E-state index is -0.0186. The third-order valence-electron chi connectivity index (χ3n) is 3.60. The molecule has 1 N–H and O–H groups in total. The highest BCUT2D eigenvalue weighted by molar-refractivity contribution is 5.76. The van der Waals surface area contributed by atoms with Crippen molar-refractivity contribution in [3.05, 3.63) is 36.2 Å². The highest BCUT2D eigenvalue weighted by atomic mass is 16.5. The van der Waals surface area contributed by atoms with Crippen LogP contribution in [0.2, 0.25) is 0 Å². The summed E-state index contributed by atoms with van der Waals surface area (Å²) in [4.78, 5) is 11.8. The number of hydrogen-bond acceptors (Lipinski definition) is 5. The van der Waals surface area contributed by atoms with Crippen molar-refractivity contribution in [2.24, 2.45) is 0 Å². The predicted molar refractivity (Wildman–Crippen MR) is 80.0 cm³/mol. The third-order valence-corrected chi connectivity index (χ3v) is 3.60. The Bertz CT molecular complexity index is 606. The van der Waals surface area contributed by atoms with Gasteiger partial charge in [-0.05, 0) is 25.0 Å². The maximum absolute atomic E-state index is 11.8. The van der Waals surface area contributed by atoms with E-state index in [-0.39, 0.29) is 12.0 Å². The fourth-order valence-corrected chi connectivity index (χ4v) is 2.39. The first-order chi connectivity index (χ1) is 10.8. The lowest BCUT2D eigenvalue weighted by molar-refractivity contribution is -0.121. The summed E-state index contributed by atoms with van der Waals surface area (Å²) in [5, 5.41) is 10.9. The molecule has 0 spiro atoms. The number of aryl methyl sites for hydroxylation is 1. The number of benzene rings is 1. The van der Waals surface area contributed by atoms with Crippen LogP contribution in [0.5, 0.6) is 0 Å². The lowest BCUT2D eigenvalue weighted by Gasteiger charge is -2.10. The van der Waals surface area contributed by atoms with Crippen LogP contribution in [0.25, 0.3) is 11.5 Å². The van der Waals surface area contributed by atoms with Crippen LogP contribution in [0.3, 0.4) is 0 Å². The van der Waals surface area contributed by atoms with Gasteiger partial charge in [-0.15, -0.1) is 10.2 Å². The van der Waals surface area contributed by atoms with E-state index in [4.69, 9.17) is 9.15 Å². The molecule has 1 aliphatic heterocycles. The van der Waals surface area contributed by atoms with Gasteiger partial charge in [-0.1, -0.05) is 18.2 Å². The quantitative estimate of drug-likeness (QED) is 0.882. The molecule has 0 radical (unpaired) electrons. The zero-order valence-corrected chi connectivity index (χ0v) is 12.3. The molecule has 1 aliphatic rings. The van der Waals surface area contributed by atoms with Crippen molar-refractivity contribution in [3.8, 4) is 11.5 Å². The second-order valence-electron chi connectivity index (χ2n) is 5.31. The van der Waals surface area contributed by atoms with E-state index >= 15 is 0 Å². The highest BCUT2D eigenvalue weighted by Gasteiger charge is 2.16. The van der Waals surface area contributed by atoms with Gasteiger partial charge in [0.1, 0.15) is 0 Å². The van der Waals surface area contributed by atoms with Crippen LogP contribution in [0.1, 0.15) is 25.2 Å². The molecule has 1 amide bonds. The van der Waals surface area contributed by atoms with Crippen molar-refractivity contribution in [3.63, 3.8) is 0 Å². The molecule has 1 aromatic heterocycles. The summed E-state index contributed by atoms with van der Waals surface area (Å²) >= 11 is 0. The zero-order valence-electron chi connectivity index (χ0n) is 12.3. The zero-order chi connectivity index (χ0) is 15.2. The molecule has 0 aliphatic carbocycles. The second-order valence-corrected chi connectivity index (χ2v) is 5.31. The molecule has 6 heteroatoms. The summed E-state index contributed by atoms with van der Waals surface area (Å²) in [7, 11) is 0. The molecule has 1 fully saturated rings. The Hall–Kier alpha value is -2.21. The van der Waals surface area contributed by atoms with Gasteiger partial charge in [-0.2, -0.15) is 0 Å². The van der Waals surface area contributed by atoms with E-state index in [0.29, 0.717) is 31.2 Å². The van der Waals surface area contributed by atoms with Crippen LogP contribution in [-0.4, -0.2) is 35.4 Å². The van der Waals surface area contributed by atoms with Gasteiger partial charge in [0.15, 0.2) is 0 Å². The minimum absolute atomic E-state index is 0.0186. The van der Waals surface area contributed by atoms with Gasteiger partial charge in [0.25, 0.3) is 0 Å². The molecule has 1 atom stereocenters. The van der Waals surface area contributed by atoms with Gasteiger partial charge in [-0.25, -0.2) is 0 Å². The normalized spacial score (nSPS) is 17.5. The van der Waals surface area contributed by atoms with E-state index in [1.165, 1.54) is 0 Å². The molecule has 1 aromatic carbocycles. The van der Waals surface area contributed by atoms with E-state index in [2.05, 4.69) is 15.5 Å². The SMILES string of the molecule is O=C(CCc1nnc(-c2ccccc2)o1)NCC1CCCO1. The second kappa shape index (κ2) is 7.17. The molecule has 1 saturated heterocycles. The van der Waals surface area contributed by atoms with Crippen molar-refractivity contribution in [2.75, 3.05) is 13.2 Å². The first-order valence-corrected chi connectivity index (χ1v) is 7.57. The molecule has 6 nitrogen and oxygen atoms in total. The fraction of sp³-hybridized carbons (Fsp3) is 0.438. The Morgan fingerprint density at radius 1 is 1.27 bits per heavy atom. The molecule has 3 rings (SSSR count). The molecule has 2 heterocycles. The van der Waals surface area contributed by atoms with Gasteiger partial charge < -0.3 is 14.5 Å². The van der Waals surface area contributed by atoms with Crippen LogP contribution < -0.4 is 5.32 Å². The third kappa shape index (κ3) is 3.92. The molecule has 22 heavy (non-hydrogen) atoms. The van der Waals surface area contributed by atoms with Crippen molar-refractivity contribution < 1.29 is 13.9 Å². The number of nitrogens with zero attached hydrogens (tertiary/aromatic N) is 2. The Morgan fingerprint density at radius 3 is 2.91 bits per heavy atom. The highest BCUT2D eigenvalue weighted by Crippen LogP contribution is 2.17. The van der Waals surface area contributed by atoms with Crippen LogP contribution >= 0.6 is 0 Å². The Labute approximate surface area is 128 Å². The number of amides is 1. The number of aromatic nitrogens is 2. The molecule has 2 aromatic rings. The Morgan fingerprint density at radius 2 is 2.14 bits per heavy atom. The van der Waals surface area contributed by atoms with E-state index in [0.717, 1.165) is 25.0 Å². The van der Waals surface area contributed by atoms with Crippen LogP contribution in [0.4, 0.5) is 0 Å². The molecular weight excluding hydrogens is 282 g/mol. The lowest BCUT2D eigenvalue weighted by atomic mass is 10.2. The van der Waals surface area contributed by atoms with E-state index < -0.39 is 0 Å². The molecule has 0 bridgehead atoms. The smallest absolute Gasteiger partial charge is 0.247 e. The summed E-state index contributed by atoms with van der Waals surface area (Å²) in [5.41, 5.74) is 0.879. The summed E-state index contributed by atoms with van der Waals surface area (Å²) in [6.45, 7) is 1.38. The van der Waals surface area contributed by atoms with Crippen molar-refractivity contribution in [1.29, 1.82) is 0 Å². The van der Waals surface area contributed by atoms with Gasteiger partial charge in [0.05, 0.1) is 6.10 Å². The molecule has 1 unspecified atom stereocenters. The topological polar surface area (TPSA) is 77.2 Å². The number of carbonyl (C=O) groups is 1. The van der Waals surface area contributed by atoms with E-state index in [1.807, 2.05) is 30.3 Å². The minimum Gasteiger partial charge on any atom is -0.421 e. The lowest BCUT2D eigenvalue weighted by Crippen LogP contribution is -2.31. The number of rotatable bonds is 6. The van der Waals surface area contributed by atoms with Gasteiger partial charge >= 0.3 is 0 Å². The number of carbonyl (C=O) groups excluding carboxylic acids is 1. The Kier molecular flexibility index (Phi) is 4.80. The first kappa shape index (κ1) is 14.7. The molecule has 116 valence electrons. The van der Waals surface area contributed by atoms with Gasteiger partial charge in [0.2, 0.25) is 17.7 Å². The summed E-state index contributed by atoms with van der Waals surface area (Å²) in [6, 6.07) is 9.58. The predicted octanol–water partition coefficient (Wildman–Crippen LogP) is 1.96. The van der Waals surface area contributed by atoms with Gasteiger partial charge in [-0.3, -0.25) is 4.79 Å². The summed E-state index contributed by atoms with van der Waals surface area (Å²) in [5.74, 6) is 0.941. The first-order valence-electron chi connectivity index (χ1n) is 7.57. The van der Waals surface area contributed by atoms with Gasteiger partial charge in [0, 0.05) is 31.6 Å². The largest absolute Gasteiger partial charge is 0.421 e. The number of hydrogen-bond donors (Lipinski definition) is 1. The van der Waals surface area contributed by atoms with Crippen molar-refractivity contribution in [2.45, 2.75) is 31.8 Å². The summed E-state index contributed by atoms with van der Waals surface area (Å²) in [6.07, 6.45) is 3.03. The average molecular weight is 301 g/mol. The van der Waals surface area contributed by atoms with Crippen LogP contribution in [-0.2, 0) is 16.0 Å². The fourth-order valence-electron chi connectivity index (χ4n) is 2.39. The molecular formula is C16H19N3O3. The van der Waals surface area contributed by atoms with Crippen LogP contribution in [0, 0.1) is 0 Å². The standard InChI is InChI=1S/C16H19N3O3/c20-14(17-11-13-7-4-10-21-13)8-9-15-18-19-16(22-15)12-5-2-1-3-6-12/h1-3,5-6,13H,4,7-11H2,(H,17,20). The van der Waals surface area contributed by atoms with Crippen molar-refractivity contribution in [1.82, 2.24) is 15.5 Å². The van der Waals surface area contributed by atoms with E-state index in [9.17, 15) is 4.79 Å². The maximum atomic E-state index is 11.8. The van der Waals surface area contributed by atoms with E-state index in [1.54, 1.807) is 0 Å². The van der Waals surface area contributed by atoms with Crippen LogP contribution in [0.15, 0.2) is 34.7 Å². The number of ether oxygens (including phenoxy) is 1. The maximum Gasteiger partial charge on any atom is 0.247 e. The molecule has 0 saturated carbocycles. The van der Waals surface area contributed by atoms with Crippen molar-refractivity contribution >= 4 is 5.91 Å². The summed E-state index contributed by atoms with van der Waals surface area (Å²) < 4.78 is 11.0. The number of nitrogens with one attached hydrogen (secondary N) is 1. The monoisotopic (exact) mass is 301 g/mol. The Balaban J connectivity index is 1.45.